The number of carboxylic acid groups (broad SMARTS) is 1. The number of hydrogen-bond acceptors (Lipinski definition) is 5. The smallest absolute Gasteiger partial charge is 0.312 e. The van der Waals surface area contributed by atoms with Crippen LogP contribution in [-0.2, 0) is 14.8 Å². The highest BCUT2D eigenvalue weighted by Crippen LogP contribution is 2.39. The summed E-state index contributed by atoms with van der Waals surface area (Å²) in [5, 5.41) is 19.6. The van der Waals surface area contributed by atoms with E-state index in [-0.39, 0.29) is 11.4 Å². The quantitative estimate of drug-likeness (QED) is 0.740. The normalized spacial score (nSPS) is 17.2. The van der Waals surface area contributed by atoms with Crippen molar-refractivity contribution in [1.29, 1.82) is 0 Å². The van der Waals surface area contributed by atoms with Gasteiger partial charge in [-0.2, -0.15) is 15.4 Å². The van der Waals surface area contributed by atoms with Gasteiger partial charge in [-0.05, 0) is 29.8 Å². The highest BCUT2D eigenvalue weighted by molar-refractivity contribution is 7.92. The SMILES string of the molecule is O=C(O)C1CN(S(=O)(=O)c2ccc3n[nH]nc3c2)c2ccccc21. The van der Waals surface area contributed by atoms with E-state index in [0.29, 0.717) is 22.3 Å². The van der Waals surface area contributed by atoms with Crippen LogP contribution in [0.15, 0.2) is 47.4 Å². The Hall–Kier alpha value is -2.94. The van der Waals surface area contributed by atoms with Crippen molar-refractivity contribution in [1.82, 2.24) is 15.4 Å². The lowest BCUT2D eigenvalue weighted by Crippen LogP contribution is -2.31. The maximum absolute atomic E-state index is 13.0. The molecule has 1 unspecified atom stereocenters. The van der Waals surface area contributed by atoms with Crippen molar-refractivity contribution in [3.8, 4) is 0 Å². The summed E-state index contributed by atoms with van der Waals surface area (Å²) < 4.78 is 27.2. The first-order valence-electron chi connectivity index (χ1n) is 7.13. The fourth-order valence-corrected chi connectivity index (χ4v) is 4.44. The van der Waals surface area contributed by atoms with Crippen LogP contribution in [0.1, 0.15) is 11.5 Å². The number of anilines is 1. The molecule has 2 N–H and O–H groups in total. The third kappa shape index (κ3) is 2.05. The van der Waals surface area contributed by atoms with E-state index in [4.69, 9.17) is 0 Å². The number of aromatic amines is 1. The van der Waals surface area contributed by atoms with Gasteiger partial charge in [0, 0.05) is 0 Å². The number of carboxylic acids is 1. The summed E-state index contributed by atoms with van der Waals surface area (Å²) >= 11 is 0. The summed E-state index contributed by atoms with van der Waals surface area (Å²) in [7, 11) is -3.90. The predicted octanol–water partition coefficient (Wildman–Crippen LogP) is 1.33. The summed E-state index contributed by atoms with van der Waals surface area (Å²) in [5.74, 6) is -1.93. The Morgan fingerprint density at radius 2 is 1.92 bits per heavy atom. The topological polar surface area (TPSA) is 116 Å². The third-order valence-electron chi connectivity index (χ3n) is 4.10. The molecule has 0 radical (unpaired) electrons. The molecule has 3 aromatic rings. The van der Waals surface area contributed by atoms with Gasteiger partial charge in [-0.15, -0.1) is 0 Å². The number of sulfonamides is 1. The summed E-state index contributed by atoms with van der Waals surface area (Å²) in [6, 6.07) is 11.1. The summed E-state index contributed by atoms with van der Waals surface area (Å²) in [6.07, 6.45) is 0. The Balaban J connectivity index is 1.84. The van der Waals surface area contributed by atoms with Gasteiger partial charge in [0.2, 0.25) is 0 Å². The van der Waals surface area contributed by atoms with Crippen LogP contribution in [0.3, 0.4) is 0 Å². The number of nitrogens with one attached hydrogen (secondary N) is 1. The van der Waals surface area contributed by atoms with Crippen molar-refractivity contribution in [2.45, 2.75) is 10.8 Å². The largest absolute Gasteiger partial charge is 0.481 e. The second-order valence-corrected chi connectivity index (χ2v) is 7.32. The number of aromatic nitrogens is 3. The van der Waals surface area contributed by atoms with Gasteiger partial charge < -0.3 is 5.11 Å². The van der Waals surface area contributed by atoms with Crippen molar-refractivity contribution in [3.05, 3.63) is 48.0 Å². The minimum atomic E-state index is -3.90. The zero-order chi connectivity index (χ0) is 16.9. The Kier molecular flexibility index (Phi) is 3.07. The fourth-order valence-electron chi connectivity index (χ4n) is 2.92. The minimum absolute atomic E-state index is 0.0461. The zero-order valence-electron chi connectivity index (χ0n) is 12.2. The molecular weight excluding hydrogens is 332 g/mol. The van der Waals surface area contributed by atoms with Gasteiger partial charge >= 0.3 is 5.97 Å². The molecule has 24 heavy (non-hydrogen) atoms. The van der Waals surface area contributed by atoms with E-state index in [1.54, 1.807) is 30.3 Å². The highest BCUT2D eigenvalue weighted by Gasteiger charge is 2.39. The minimum Gasteiger partial charge on any atom is -0.481 e. The Labute approximate surface area is 136 Å². The van der Waals surface area contributed by atoms with Crippen LogP contribution >= 0.6 is 0 Å². The van der Waals surface area contributed by atoms with E-state index >= 15 is 0 Å². The van der Waals surface area contributed by atoms with E-state index in [1.165, 1.54) is 12.1 Å². The number of nitrogens with zero attached hydrogens (tertiary/aromatic N) is 3. The summed E-state index contributed by atoms with van der Waals surface area (Å²) in [6.45, 7) is -0.131. The second kappa shape index (κ2) is 5.03. The molecule has 0 fully saturated rings. The molecule has 1 aliphatic heterocycles. The lowest BCUT2D eigenvalue weighted by atomic mass is 10.0. The van der Waals surface area contributed by atoms with E-state index in [1.807, 2.05) is 0 Å². The van der Waals surface area contributed by atoms with Crippen LogP contribution in [-0.4, -0.2) is 41.4 Å². The monoisotopic (exact) mass is 344 g/mol. The molecule has 1 atom stereocenters. The molecule has 0 saturated heterocycles. The number of rotatable bonds is 3. The van der Waals surface area contributed by atoms with Gasteiger partial charge in [0.15, 0.2) is 0 Å². The van der Waals surface area contributed by atoms with Crippen molar-refractivity contribution >= 4 is 32.7 Å². The summed E-state index contributed by atoms with van der Waals surface area (Å²) in [4.78, 5) is 11.5. The molecule has 9 heteroatoms. The maximum Gasteiger partial charge on any atom is 0.312 e. The molecule has 1 aliphatic rings. The van der Waals surface area contributed by atoms with Crippen molar-refractivity contribution in [2.24, 2.45) is 0 Å². The van der Waals surface area contributed by atoms with E-state index in [2.05, 4.69) is 15.4 Å². The van der Waals surface area contributed by atoms with Crippen molar-refractivity contribution in [2.75, 3.05) is 10.8 Å². The number of aliphatic carboxylic acids is 1. The molecule has 0 saturated carbocycles. The van der Waals surface area contributed by atoms with Crippen LogP contribution in [0.5, 0.6) is 0 Å². The van der Waals surface area contributed by atoms with E-state index < -0.39 is 21.9 Å². The molecule has 0 amide bonds. The van der Waals surface area contributed by atoms with Gasteiger partial charge in [-0.3, -0.25) is 9.10 Å². The lowest BCUT2D eigenvalue weighted by Gasteiger charge is -2.19. The first-order chi connectivity index (χ1) is 11.5. The number of carbonyl (C=O) groups is 1. The molecule has 2 heterocycles. The highest BCUT2D eigenvalue weighted by atomic mass is 32.2. The van der Waals surface area contributed by atoms with Crippen LogP contribution in [0.4, 0.5) is 5.69 Å². The van der Waals surface area contributed by atoms with Crippen LogP contribution in [0.25, 0.3) is 11.0 Å². The number of para-hydroxylation sites is 1. The van der Waals surface area contributed by atoms with Gasteiger partial charge in [0.1, 0.15) is 17.0 Å². The maximum atomic E-state index is 13.0. The average Bonchev–Trinajstić information content (AvgIpc) is 3.18. The number of fused-ring (bicyclic) bond motifs is 2. The molecule has 0 aliphatic carbocycles. The van der Waals surface area contributed by atoms with Crippen molar-refractivity contribution < 1.29 is 18.3 Å². The molecule has 0 bridgehead atoms. The Morgan fingerprint density at radius 1 is 1.17 bits per heavy atom. The van der Waals surface area contributed by atoms with Crippen LogP contribution in [0.2, 0.25) is 0 Å². The number of H-pyrrole nitrogens is 1. The molecular formula is C15H12N4O4S. The van der Waals surface area contributed by atoms with Crippen LogP contribution < -0.4 is 4.31 Å². The lowest BCUT2D eigenvalue weighted by molar-refractivity contribution is -0.138. The molecule has 4 rings (SSSR count). The van der Waals surface area contributed by atoms with Gasteiger partial charge in [-0.1, -0.05) is 18.2 Å². The van der Waals surface area contributed by atoms with E-state index in [9.17, 15) is 18.3 Å². The summed E-state index contributed by atoms with van der Waals surface area (Å²) in [5.41, 5.74) is 1.87. The molecule has 122 valence electrons. The van der Waals surface area contributed by atoms with Crippen LogP contribution in [0, 0.1) is 0 Å². The Bertz CT molecular complexity index is 1060. The number of hydrogen-bond donors (Lipinski definition) is 2. The Morgan fingerprint density at radius 3 is 2.71 bits per heavy atom. The first kappa shape index (κ1) is 14.6. The van der Waals surface area contributed by atoms with Crippen molar-refractivity contribution in [3.63, 3.8) is 0 Å². The van der Waals surface area contributed by atoms with E-state index in [0.717, 1.165) is 4.31 Å². The average molecular weight is 344 g/mol. The molecule has 8 nitrogen and oxygen atoms in total. The first-order valence-corrected chi connectivity index (χ1v) is 8.57. The third-order valence-corrected chi connectivity index (χ3v) is 5.88. The van der Waals surface area contributed by atoms with Gasteiger partial charge in [0.25, 0.3) is 10.0 Å². The number of benzene rings is 2. The zero-order valence-corrected chi connectivity index (χ0v) is 13.1. The molecule has 1 aromatic heterocycles. The predicted molar refractivity (Wildman–Crippen MR) is 85.2 cm³/mol. The fraction of sp³-hybridized carbons (Fsp3) is 0.133. The van der Waals surface area contributed by atoms with Gasteiger partial charge in [-0.25, -0.2) is 8.42 Å². The molecule has 0 spiro atoms. The standard InChI is InChI=1S/C15H12N4O4S/c20-15(21)11-8-19(14-4-2-1-3-10(11)14)24(22,23)9-5-6-12-13(7-9)17-18-16-12/h1-7,11H,8H2,(H,20,21)(H,16,17,18). The molecule has 2 aromatic carbocycles. The van der Waals surface area contributed by atoms with Gasteiger partial charge in [0.05, 0.1) is 17.1 Å². The second-order valence-electron chi connectivity index (χ2n) is 5.46.